The van der Waals surface area contributed by atoms with Crippen LogP contribution in [0.1, 0.15) is 0 Å². The van der Waals surface area contributed by atoms with Crippen molar-refractivity contribution in [1.29, 1.82) is 0 Å². The number of hydrogen-bond donors (Lipinski definition) is 5. The van der Waals surface area contributed by atoms with Gasteiger partial charge in [-0.15, -0.1) is 13.2 Å². The molecule has 0 atom stereocenters. The standard InChI is InChI=1S/C6H9NO6.C2H4.2H3N/c8-4(9)1-7(2-5(10)11)3-6(12)13;1-2;;/h1-3H2,(H,8,9)(H,10,11)(H,12,13);1-2H2;2*1H3. The van der Waals surface area contributed by atoms with E-state index in [0.29, 0.717) is 0 Å². The first kappa shape index (κ1) is 24.3. The van der Waals surface area contributed by atoms with Gasteiger partial charge >= 0.3 is 17.9 Å². The number of hydrogen-bond acceptors (Lipinski definition) is 6. The predicted octanol–water partition coefficient (Wildman–Crippen LogP) is -0.332. The fraction of sp³-hybridized carbons (Fsp3) is 0.375. The Hall–Kier alpha value is -1.97. The van der Waals surface area contributed by atoms with Crippen LogP contribution in [0.5, 0.6) is 0 Å². The molecule has 0 aliphatic rings. The lowest BCUT2D eigenvalue weighted by Crippen LogP contribution is -2.38. The second-order valence-electron chi connectivity index (χ2n) is 2.33. The molecule has 0 heterocycles. The molecule has 17 heavy (non-hydrogen) atoms. The smallest absolute Gasteiger partial charge is 0.317 e. The molecular formula is C8H19N3O6. The fourth-order valence-electron chi connectivity index (χ4n) is 0.742. The maximum absolute atomic E-state index is 10.1. The molecule has 0 aromatic carbocycles. The Labute approximate surface area is 98.5 Å². The van der Waals surface area contributed by atoms with Crippen molar-refractivity contribution in [2.45, 2.75) is 0 Å². The molecular weight excluding hydrogens is 234 g/mol. The molecule has 0 saturated carbocycles. The molecule has 102 valence electrons. The summed E-state index contributed by atoms with van der Waals surface area (Å²) in [6.07, 6.45) is 0. The lowest BCUT2D eigenvalue weighted by Gasteiger charge is -2.14. The average molecular weight is 253 g/mol. The Kier molecular flexibility index (Phi) is 20.1. The molecule has 0 aromatic heterocycles. The minimum atomic E-state index is -1.26. The monoisotopic (exact) mass is 253 g/mol. The number of carbonyl (C=O) groups is 3. The van der Waals surface area contributed by atoms with Gasteiger partial charge in [-0.1, -0.05) is 0 Å². The van der Waals surface area contributed by atoms with Crippen LogP contribution < -0.4 is 12.3 Å². The summed E-state index contributed by atoms with van der Waals surface area (Å²) < 4.78 is 0. The summed E-state index contributed by atoms with van der Waals surface area (Å²) in [6.45, 7) is 4.20. The van der Waals surface area contributed by atoms with Crippen molar-refractivity contribution in [2.24, 2.45) is 0 Å². The minimum Gasteiger partial charge on any atom is -0.480 e. The Morgan fingerprint density at radius 2 is 0.941 bits per heavy atom. The highest BCUT2D eigenvalue weighted by atomic mass is 16.4. The van der Waals surface area contributed by atoms with Crippen LogP contribution >= 0.6 is 0 Å². The second-order valence-corrected chi connectivity index (χ2v) is 2.33. The minimum absolute atomic E-state index is 0. The van der Waals surface area contributed by atoms with E-state index in [4.69, 9.17) is 15.3 Å². The predicted molar refractivity (Wildman–Crippen MR) is 60.6 cm³/mol. The number of carboxylic acids is 3. The van der Waals surface area contributed by atoms with E-state index in [1.165, 1.54) is 0 Å². The van der Waals surface area contributed by atoms with E-state index in [9.17, 15) is 14.4 Å². The molecule has 0 aliphatic heterocycles. The summed E-state index contributed by atoms with van der Waals surface area (Å²) in [5.74, 6) is -3.78. The van der Waals surface area contributed by atoms with Crippen molar-refractivity contribution in [3.8, 4) is 0 Å². The van der Waals surface area contributed by atoms with Gasteiger partial charge in [0.1, 0.15) is 0 Å². The van der Waals surface area contributed by atoms with Gasteiger partial charge in [0.2, 0.25) is 0 Å². The van der Waals surface area contributed by atoms with Crippen molar-refractivity contribution >= 4 is 17.9 Å². The lowest BCUT2D eigenvalue weighted by molar-refractivity contribution is -0.144. The lowest BCUT2D eigenvalue weighted by atomic mass is 10.4. The number of nitrogens with zero attached hydrogens (tertiary/aromatic N) is 1. The molecule has 0 bridgehead atoms. The molecule has 0 rings (SSSR count). The van der Waals surface area contributed by atoms with Gasteiger partial charge in [-0.3, -0.25) is 19.3 Å². The van der Waals surface area contributed by atoms with Crippen molar-refractivity contribution < 1.29 is 29.7 Å². The summed E-state index contributed by atoms with van der Waals surface area (Å²) in [5, 5.41) is 24.8. The van der Waals surface area contributed by atoms with E-state index in [1.807, 2.05) is 0 Å². The second kappa shape index (κ2) is 14.0. The number of carboxylic acid groups (broad SMARTS) is 3. The van der Waals surface area contributed by atoms with Gasteiger partial charge < -0.3 is 27.6 Å². The Morgan fingerprint density at radius 3 is 1.06 bits per heavy atom. The van der Waals surface area contributed by atoms with E-state index >= 15 is 0 Å². The molecule has 9 nitrogen and oxygen atoms in total. The highest BCUT2D eigenvalue weighted by molar-refractivity contribution is 5.75. The third kappa shape index (κ3) is 20.2. The summed E-state index contributed by atoms with van der Waals surface area (Å²) in [4.78, 5) is 31.2. The topological polar surface area (TPSA) is 185 Å². The quantitative estimate of drug-likeness (QED) is 0.395. The molecule has 0 saturated heterocycles. The zero-order valence-corrected chi connectivity index (χ0v) is 9.46. The SMILES string of the molecule is C=C.N.N.O=C(O)CN(CC(=O)O)CC(=O)O. The van der Waals surface area contributed by atoms with Gasteiger partial charge in [-0.25, -0.2) is 0 Å². The van der Waals surface area contributed by atoms with Crippen LogP contribution in [0.3, 0.4) is 0 Å². The van der Waals surface area contributed by atoms with Crippen molar-refractivity contribution in [2.75, 3.05) is 19.6 Å². The Morgan fingerprint density at radius 1 is 0.765 bits per heavy atom. The summed E-state index contributed by atoms with van der Waals surface area (Å²) in [6, 6.07) is 0. The highest BCUT2D eigenvalue weighted by Gasteiger charge is 2.15. The van der Waals surface area contributed by atoms with Crippen LogP contribution in [0.15, 0.2) is 13.2 Å². The van der Waals surface area contributed by atoms with Crippen LogP contribution in [0.2, 0.25) is 0 Å². The third-order valence-corrected chi connectivity index (χ3v) is 1.08. The van der Waals surface area contributed by atoms with Crippen LogP contribution in [-0.4, -0.2) is 57.8 Å². The summed E-state index contributed by atoms with van der Waals surface area (Å²) in [5.41, 5.74) is 0. The van der Waals surface area contributed by atoms with Crippen LogP contribution in [-0.2, 0) is 14.4 Å². The van der Waals surface area contributed by atoms with Gasteiger partial charge in [0.25, 0.3) is 0 Å². The van der Waals surface area contributed by atoms with E-state index < -0.39 is 37.5 Å². The van der Waals surface area contributed by atoms with Gasteiger partial charge in [0.15, 0.2) is 0 Å². The van der Waals surface area contributed by atoms with E-state index in [0.717, 1.165) is 4.90 Å². The molecule has 0 spiro atoms. The zero-order chi connectivity index (χ0) is 12.4. The first-order valence-electron chi connectivity index (χ1n) is 3.79. The normalized spacial score (nSPS) is 7.82. The summed E-state index contributed by atoms with van der Waals surface area (Å²) >= 11 is 0. The molecule has 0 fully saturated rings. The van der Waals surface area contributed by atoms with Crippen molar-refractivity contribution in [3.05, 3.63) is 13.2 Å². The highest BCUT2D eigenvalue weighted by Crippen LogP contribution is 1.87. The molecule has 0 amide bonds. The third-order valence-electron chi connectivity index (χ3n) is 1.08. The van der Waals surface area contributed by atoms with E-state index in [2.05, 4.69) is 13.2 Å². The van der Waals surface area contributed by atoms with Gasteiger partial charge in [0, 0.05) is 0 Å². The molecule has 0 aliphatic carbocycles. The van der Waals surface area contributed by atoms with Gasteiger partial charge in [-0.2, -0.15) is 0 Å². The zero-order valence-electron chi connectivity index (χ0n) is 9.46. The summed E-state index contributed by atoms with van der Waals surface area (Å²) in [7, 11) is 0. The van der Waals surface area contributed by atoms with E-state index in [-0.39, 0.29) is 12.3 Å². The maximum Gasteiger partial charge on any atom is 0.317 e. The largest absolute Gasteiger partial charge is 0.480 e. The first-order valence-corrected chi connectivity index (χ1v) is 3.79. The Bertz CT molecular complexity index is 207. The van der Waals surface area contributed by atoms with E-state index in [1.54, 1.807) is 0 Å². The molecule has 9 heteroatoms. The molecule has 9 N–H and O–H groups in total. The van der Waals surface area contributed by atoms with Crippen LogP contribution in [0.4, 0.5) is 0 Å². The maximum atomic E-state index is 10.1. The molecule has 0 unspecified atom stereocenters. The number of aliphatic carboxylic acids is 3. The number of rotatable bonds is 6. The molecule has 0 radical (unpaired) electrons. The van der Waals surface area contributed by atoms with Gasteiger partial charge in [-0.05, 0) is 0 Å². The first-order chi connectivity index (χ1) is 6.91. The Balaban J connectivity index is -0.000000199. The van der Waals surface area contributed by atoms with Gasteiger partial charge in [0.05, 0.1) is 19.6 Å². The average Bonchev–Trinajstić information content (AvgIpc) is 2.03. The van der Waals surface area contributed by atoms with Crippen LogP contribution in [0, 0.1) is 0 Å². The van der Waals surface area contributed by atoms with Crippen molar-refractivity contribution in [3.63, 3.8) is 0 Å². The fourth-order valence-corrected chi connectivity index (χ4v) is 0.742. The van der Waals surface area contributed by atoms with Crippen molar-refractivity contribution in [1.82, 2.24) is 17.2 Å². The van der Waals surface area contributed by atoms with Crippen LogP contribution in [0.25, 0.3) is 0 Å². The molecule has 0 aromatic rings.